The highest BCUT2D eigenvalue weighted by molar-refractivity contribution is 7.26. The van der Waals surface area contributed by atoms with Gasteiger partial charge >= 0.3 is 0 Å². The number of rotatable bonds is 4. The molecule has 0 N–H and O–H groups in total. The lowest BCUT2D eigenvalue weighted by Gasteiger charge is -2.27. The summed E-state index contributed by atoms with van der Waals surface area (Å²) in [5.41, 5.74) is 0. The molecule has 102 valence electrons. The summed E-state index contributed by atoms with van der Waals surface area (Å²) in [5, 5.41) is 3.37. The summed E-state index contributed by atoms with van der Waals surface area (Å²) in [5.74, 6) is 1.19. The smallest absolute Gasteiger partial charge is 0.219 e. The molecular weight excluding hydrogens is 272 g/mol. The molecule has 0 heterocycles. The lowest BCUT2D eigenvalue weighted by molar-refractivity contribution is 0.567. The van der Waals surface area contributed by atoms with E-state index in [-0.39, 0.29) is 0 Å². The Bertz CT molecular complexity index is 612. The zero-order chi connectivity index (χ0) is 14.5. The van der Waals surface area contributed by atoms with E-state index in [1.54, 1.807) is 0 Å². The fourth-order valence-electron chi connectivity index (χ4n) is 2.81. The van der Waals surface area contributed by atoms with Gasteiger partial charge in [0.1, 0.15) is 5.91 Å². The Hall–Kier alpha value is -2.45. The maximum absolute atomic E-state index is 12.3. The van der Waals surface area contributed by atoms with E-state index in [4.69, 9.17) is 0 Å². The second-order valence-electron chi connectivity index (χ2n) is 5.02. The molecule has 0 bridgehead atoms. The molecule has 0 radical (unpaired) electrons. The van der Waals surface area contributed by atoms with Crippen LogP contribution in [0.25, 0.3) is 0 Å². The van der Waals surface area contributed by atoms with Crippen molar-refractivity contribution in [3.63, 3.8) is 0 Å². The third-order valence-corrected chi connectivity index (χ3v) is 7.95. The molecule has 0 aliphatic rings. The zero-order valence-corrected chi connectivity index (χ0v) is 12.6. The van der Waals surface area contributed by atoms with E-state index >= 15 is 0 Å². The number of hydrogen-bond acceptors (Lipinski definition) is 1. The van der Waals surface area contributed by atoms with E-state index in [0.717, 1.165) is 15.6 Å². The van der Waals surface area contributed by atoms with Crippen molar-refractivity contribution in [2.75, 3.05) is 0 Å². The van der Waals surface area contributed by atoms with Crippen molar-refractivity contribution in [1.29, 1.82) is 0 Å². The first-order chi connectivity index (χ1) is 10.4. The van der Waals surface area contributed by atoms with Crippen molar-refractivity contribution in [2.24, 2.45) is 0 Å². The van der Waals surface area contributed by atoms with Crippen LogP contribution >= 0.6 is 0 Å². The lowest BCUT2D eigenvalue weighted by Crippen LogP contribution is -2.68. The molecule has 3 rings (SSSR count). The molecule has 0 aromatic heterocycles. The fourth-order valence-corrected chi connectivity index (χ4v) is 6.37. The monoisotopic (exact) mass is 288 g/mol. The van der Waals surface area contributed by atoms with Gasteiger partial charge in [0.25, 0.3) is 0 Å². The van der Waals surface area contributed by atoms with Crippen LogP contribution in [-0.4, -0.2) is 14.0 Å². The van der Waals surface area contributed by atoms with Crippen LogP contribution in [0.2, 0.25) is 0 Å². The van der Waals surface area contributed by atoms with Gasteiger partial charge in [-0.05, 0) is 15.6 Å². The van der Waals surface area contributed by atoms with Gasteiger partial charge in [-0.15, -0.1) is 0 Å². The van der Waals surface area contributed by atoms with Gasteiger partial charge in [-0.1, -0.05) is 91.0 Å². The first kappa shape index (κ1) is 13.5. The van der Waals surface area contributed by atoms with E-state index in [1.165, 1.54) is 5.91 Å². The minimum absolute atomic E-state index is 1.12. The van der Waals surface area contributed by atoms with Crippen molar-refractivity contribution >= 4 is 29.5 Å². The Morgan fingerprint density at radius 3 is 1.05 bits per heavy atom. The van der Waals surface area contributed by atoms with E-state index in [0.29, 0.717) is 0 Å². The molecule has 0 aliphatic heterocycles. The van der Waals surface area contributed by atoms with E-state index in [1.807, 2.05) is 54.6 Å². The average Bonchev–Trinajstić information content (AvgIpc) is 2.59. The topological polar surface area (TPSA) is 17.1 Å². The third-order valence-electron chi connectivity index (χ3n) is 3.86. The summed E-state index contributed by atoms with van der Waals surface area (Å²) in [6.07, 6.45) is 0. The van der Waals surface area contributed by atoms with Crippen LogP contribution in [0.4, 0.5) is 0 Å². The second-order valence-corrected chi connectivity index (χ2v) is 8.61. The Balaban J connectivity index is 2.31. The van der Waals surface area contributed by atoms with E-state index < -0.39 is 8.07 Å². The van der Waals surface area contributed by atoms with Gasteiger partial charge in [-0.25, -0.2) is 0 Å². The third kappa shape index (κ3) is 2.34. The summed E-state index contributed by atoms with van der Waals surface area (Å²) >= 11 is 0. The number of carbonyl (C=O) groups excluding carboxylic acids is 1. The van der Waals surface area contributed by atoms with Crippen LogP contribution in [0.5, 0.6) is 0 Å². The molecule has 0 fully saturated rings. The highest BCUT2D eigenvalue weighted by Gasteiger charge is 2.39. The van der Waals surface area contributed by atoms with Crippen molar-refractivity contribution in [1.82, 2.24) is 0 Å². The summed E-state index contributed by atoms with van der Waals surface area (Å²) < 4.78 is 0. The molecular formula is C19H16OSi. The highest BCUT2D eigenvalue weighted by Crippen LogP contribution is 2.05. The maximum atomic E-state index is 12.3. The minimum atomic E-state index is -2.58. The first-order valence-electron chi connectivity index (χ1n) is 7.01. The van der Waals surface area contributed by atoms with Crippen molar-refractivity contribution in [2.45, 2.75) is 0 Å². The Kier molecular flexibility index (Phi) is 3.80. The van der Waals surface area contributed by atoms with Crippen molar-refractivity contribution in [3.05, 3.63) is 91.0 Å². The molecule has 0 unspecified atom stereocenters. The summed E-state index contributed by atoms with van der Waals surface area (Å²) in [6, 6.07) is 30.4. The SMILES string of the molecule is O=C[Si](c1ccccc1)(c1ccccc1)c1ccccc1. The van der Waals surface area contributed by atoms with Crippen molar-refractivity contribution < 1.29 is 4.79 Å². The van der Waals surface area contributed by atoms with Crippen LogP contribution in [0.15, 0.2) is 91.0 Å². The molecule has 0 saturated carbocycles. The Morgan fingerprint density at radius 1 is 0.524 bits per heavy atom. The zero-order valence-electron chi connectivity index (χ0n) is 11.6. The van der Waals surface area contributed by atoms with Gasteiger partial charge in [0.15, 0.2) is 0 Å². The van der Waals surface area contributed by atoms with Crippen LogP contribution in [0.3, 0.4) is 0 Å². The van der Waals surface area contributed by atoms with Crippen LogP contribution in [0, 0.1) is 0 Å². The van der Waals surface area contributed by atoms with Gasteiger partial charge in [0, 0.05) is 0 Å². The maximum Gasteiger partial charge on any atom is 0.219 e. The van der Waals surface area contributed by atoms with Gasteiger partial charge in [-0.3, -0.25) is 0 Å². The molecule has 0 aliphatic carbocycles. The number of carbonyl (C=O) groups is 1. The minimum Gasteiger partial charge on any atom is -0.308 e. The lowest BCUT2D eigenvalue weighted by atomic mass is 10.3. The predicted octanol–water partition coefficient (Wildman–Crippen LogP) is 1.93. The summed E-state index contributed by atoms with van der Waals surface area (Å²) in [6.45, 7) is 0. The van der Waals surface area contributed by atoms with Gasteiger partial charge < -0.3 is 4.79 Å². The Morgan fingerprint density at radius 2 is 0.810 bits per heavy atom. The van der Waals surface area contributed by atoms with Crippen LogP contribution in [0.1, 0.15) is 0 Å². The molecule has 0 amide bonds. The normalized spacial score (nSPS) is 11.0. The molecule has 21 heavy (non-hydrogen) atoms. The summed E-state index contributed by atoms with van der Waals surface area (Å²) in [7, 11) is -2.58. The Labute approximate surface area is 125 Å². The second kappa shape index (κ2) is 5.90. The van der Waals surface area contributed by atoms with Gasteiger partial charge in [-0.2, -0.15) is 0 Å². The first-order valence-corrected chi connectivity index (χ1v) is 9.08. The van der Waals surface area contributed by atoms with Crippen molar-refractivity contribution in [3.8, 4) is 0 Å². The quantitative estimate of drug-likeness (QED) is 0.407. The molecule has 1 nitrogen and oxygen atoms in total. The van der Waals surface area contributed by atoms with Gasteiger partial charge in [0.2, 0.25) is 8.07 Å². The molecule has 3 aromatic rings. The highest BCUT2D eigenvalue weighted by atomic mass is 28.3. The molecule has 0 spiro atoms. The molecule has 2 heteroatoms. The van der Waals surface area contributed by atoms with Gasteiger partial charge in [0.05, 0.1) is 0 Å². The summed E-state index contributed by atoms with van der Waals surface area (Å²) in [4.78, 5) is 12.3. The number of hydrogen-bond donors (Lipinski definition) is 0. The average molecular weight is 288 g/mol. The van der Waals surface area contributed by atoms with E-state index in [9.17, 15) is 4.79 Å². The predicted molar refractivity (Wildman–Crippen MR) is 90.7 cm³/mol. The largest absolute Gasteiger partial charge is 0.308 e. The molecule has 0 atom stereocenters. The fraction of sp³-hybridized carbons (Fsp3) is 0. The standard InChI is InChI=1S/C19H16OSi/c20-16-21(17-10-4-1-5-11-17,18-12-6-2-7-13-18)19-14-8-3-9-15-19/h1-16H. The van der Waals surface area contributed by atoms with Crippen LogP contribution < -0.4 is 15.6 Å². The number of benzene rings is 3. The molecule has 3 aromatic carbocycles. The van der Waals surface area contributed by atoms with E-state index in [2.05, 4.69) is 36.4 Å². The molecule has 0 saturated heterocycles. The van der Waals surface area contributed by atoms with Crippen LogP contribution in [-0.2, 0) is 4.79 Å².